The van der Waals surface area contributed by atoms with Crippen LogP contribution in [0.5, 0.6) is 0 Å². The van der Waals surface area contributed by atoms with Gasteiger partial charge in [-0.15, -0.1) is 0 Å². The minimum absolute atomic E-state index is 0.134. The summed E-state index contributed by atoms with van der Waals surface area (Å²) >= 11 is 2.96. The van der Waals surface area contributed by atoms with Crippen molar-refractivity contribution in [3.8, 4) is 0 Å². The molecule has 4 amide bonds. The van der Waals surface area contributed by atoms with Crippen molar-refractivity contribution >= 4 is 39.6 Å². The van der Waals surface area contributed by atoms with Gasteiger partial charge in [0, 0.05) is 19.5 Å². The van der Waals surface area contributed by atoms with Crippen LogP contribution in [0.2, 0.25) is 0 Å². The van der Waals surface area contributed by atoms with E-state index in [9.17, 15) is 19.2 Å². The Bertz CT molecular complexity index is 471. The highest BCUT2D eigenvalue weighted by Crippen LogP contribution is 2.25. The minimum atomic E-state index is -0.871. The second-order valence-corrected chi connectivity index (χ2v) is 4.71. The smallest absolute Gasteiger partial charge is 0.268 e. The minimum Gasteiger partial charge on any atom is -0.284 e. The number of carbonyl (C=O) groups is 4. The van der Waals surface area contributed by atoms with Gasteiger partial charge in [-0.2, -0.15) is 0 Å². The van der Waals surface area contributed by atoms with Gasteiger partial charge < -0.3 is 0 Å². The van der Waals surface area contributed by atoms with Crippen LogP contribution in [-0.4, -0.2) is 46.5 Å². The molecular formula is C10H9BrN2O4. The van der Waals surface area contributed by atoms with Crippen LogP contribution in [0.1, 0.15) is 12.8 Å². The van der Waals surface area contributed by atoms with E-state index >= 15 is 0 Å². The molecule has 0 saturated carbocycles. The van der Waals surface area contributed by atoms with Gasteiger partial charge in [0.15, 0.2) is 0 Å². The van der Waals surface area contributed by atoms with Gasteiger partial charge >= 0.3 is 0 Å². The number of likely N-dealkylation sites (tertiary alicyclic amines) is 1. The molecule has 0 spiro atoms. The molecule has 2 aliphatic rings. The van der Waals surface area contributed by atoms with Crippen molar-refractivity contribution in [2.24, 2.45) is 0 Å². The molecule has 2 heterocycles. The Labute approximate surface area is 105 Å². The van der Waals surface area contributed by atoms with Gasteiger partial charge in [0.25, 0.3) is 17.7 Å². The highest BCUT2D eigenvalue weighted by atomic mass is 79.9. The molecule has 0 bridgehead atoms. The van der Waals surface area contributed by atoms with Crippen LogP contribution < -0.4 is 0 Å². The third-order valence-corrected chi connectivity index (χ3v) is 3.41. The van der Waals surface area contributed by atoms with Crippen LogP contribution in [0.15, 0.2) is 10.6 Å². The molecule has 0 radical (unpaired) electrons. The van der Waals surface area contributed by atoms with Gasteiger partial charge in [-0.3, -0.25) is 29.0 Å². The number of halogens is 1. The lowest BCUT2D eigenvalue weighted by atomic mass is 10.0. The van der Waals surface area contributed by atoms with E-state index in [0.29, 0.717) is 0 Å². The Kier molecular flexibility index (Phi) is 2.86. The zero-order valence-corrected chi connectivity index (χ0v) is 10.6. The second kappa shape index (κ2) is 4.06. The Morgan fingerprint density at radius 3 is 2.47 bits per heavy atom. The average molecular weight is 301 g/mol. The Hall–Kier alpha value is -1.50. The fourth-order valence-electron chi connectivity index (χ4n) is 1.89. The lowest BCUT2D eigenvalue weighted by molar-refractivity contribution is -0.157. The maximum Gasteiger partial charge on any atom is 0.268 e. The number of likely N-dealkylation sites (N-methyl/N-ethyl adjacent to an activating group) is 1. The fraction of sp³-hybridized carbons (Fsp3) is 0.400. The maximum atomic E-state index is 11.8. The zero-order valence-electron chi connectivity index (χ0n) is 8.97. The molecule has 1 atom stereocenters. The summed E-state index contributed by atoms with van der Waals surface area (Å²) in [6.07, 6.45) is 1.47. The normalized spacial score (nSPS) is 25.8. The number of imide groups is 2. The molecule has 0 N–H and O–H groups in total. The molecule has 90 valence electrons. The molecule has 6 nitrogen and oxygen atoms in total. The van der Waals surface area contributed by atoms with E-state index in [0.717, 1.165) is 15.9 Å². The van der Waals surface area contributed by atoms with E-state index in [-0.39, 0.29) is 23.2 Å². The van der Waals surface area contributed by atoms with Crippen LogP contribution in [0.3, 0.4) is 0 Å². The SMILES string of the molecule is CN1C(=O)CCC(N2C(=O)C=C(Br)C2=O)C1=O. The van der Waals surface area contributed by atoms with Gasteiger partial charge in [0.05, 0.1) is 4.48 Å². The number of hydrogen-bond donors (Lipinski definition) is 0. The van der Waals surface area contributed by atoms with Crippen LogP contribution in [0.25, 0.3) is 0 Å². The number of hydrogen-bond acceptors (Lipinski definition) is 4. The first-order valence-corrected chi connectivity index (χ1v) is 5.78. The summed E-state index contributed by atoms with van der Waals surface area (Å²) in [5, 5.41) is 0. The Morgan fingerprint density at radius 1 is 1.29 bits per heavy atom. The van der Waals surface area contributed by atoms with Crippen LogP contribution >= 0.6 is 15.9 Å². The zero-order chi connectivity index (χ0) is 12.7. The first-order chi connectivity index (χ1) is 7.93. The van der Waals surface area contributed by atoms with E-state index < -0.39 is 23.8 Å². The lowest BCUT2D eigenvalue weighted by Gasteiger charge is -2.32. The predicted octanol–water partition coefficient (Wildman–Crippen LogP) is -0.219. The molecule has 17 heavy (non-hydrogen) atoms. The quantitative estimate of drug-likeness (QED) is 0.628. The molecule has 2 rings (SSSR count). The standard InChI is InChI=1S/C10H9BrN2O4/c1-12-7(14)3-2-6(10(12)17)13-8(15)4-5(11)9(13)16/h4,6H,2-3H2,1H3. The monoisotopic (exact) mass is 300 g/mol. The predicted molar refractivity (Wildman–Crippen MR) is 59.7 cm³/mol. The van der Waals surface area contributed by atoms with Gasteiger partial charge in [-0.1, -0.05) is 0 Å². The highest BCUT2D eigenvalue weighted by Gasteiger charge is 2.43. The van der Waals surface area contributed by atoms with E-state index in [1.165, 1.54) is 7.05 Å². The first-order valence-electron chi connectivity index (χ1n) is 4.98. The summed E-state index contributed by atoms with van der Waals surface area (Å²) in [6, 6.07) is -0.871. The third-order valence-electron chi connectivity index (χ3n) is 2.84. The molecule has 7 heteroatoms. The number of piperidine rings is 1. The van der Waals surface area contributed by atoms with Gasteiger partial charge in [0.1, 0.15) is 6.04 Å². The van der Waals surface area contributed by atoms with Crippen LogP contribution in [-0.2, 0) is 19.2 Å². The van der Waals surface area contributed by atoms with Crippen molar-refractivity contribution in [2.45, 2.75) is 18.9 Å². The van der Waals surface area contributed by atoms with Crippen LogP contribution in [0.4, 0.5) is 0 Å². The van der Waals surface area contributed by atoms with Gasteiger partial charge in [-0.05, 0) is 22.4 Å². The summed E-state index contributed by atoms with van der Waals surface area (Å²) < 4.78 is 0.134. The summed E-state index contributed by atoms with van der Waals surface area (Å²) in [5.41, 5.74) is 0. The van der Waals surface area contributed by atoms with Crippen LogP contribution in [0, 0.1) is 0 Å². The summed E-state index contributed by atoms with van der Waals surface area (Å²) in [6.45, 7) is 0. The van der Waals surface area contributed by atoms with Crippen molar-refractivity contribution < 1.29 is 19.2 Å². The maximum absolute atomic E-state index is 11.8. The number of rotatable bonds is 1. The lowest BCUT2D eigenvalue weighted by Crippen LogP contribution is -2.54. The number of carbonyl (C=O) groups excluding carboxylic acids is 4. The molecular weight excluding hydrogens is 292 g/mol. The van der Waals surface area contributed by atoms with E-state index in [2.05, 4.69) is 15.9 Å². The number of nitrogens with zero attached hydrogens (tertiary/aromatic N) is 2. The van der Waals surface area contributed by atoms with E-state index in [4.69, 9.17) is 0 Å². The van der Waals surface area contributed by atoms with Gasteiger partial charge in [0.2, 0.25) is 5.91 Å². The Balaban J connectivity index is 2.25. The molecule has 1 fully saturated rings. The molecule has 1 saturated heterocycles. The molecule has 0 aromatic rings. The van der Waals surface area contributed by atoms with Gasteiger partial charge in [-0.25, -0.2) is 0 Å². The Morgan fingerprint density at radius 2 is 1.94 bits per heavy atom. The largest absolute Gasteiger partial charge is 0.284 e. The van der Waals surface area contributed by atoms with E-state index in [1.807, 2.05) is 0 Å². The second-order valence-electron chi connectivity index (χ2n) is 3.85. The fourth-order valence-corrected chi connectivity index (χ4v) is 2.27. The van der Waals surface area contributed by atoms with Crippen molar-refractivity contribution in [1.82, 2.24) is 9.80 Å². The molecule has 0 aromatic carbocycles. The topological polar surface area (TPSA) is 74.8 Å². The average Bonchev–Trinajstić information content (AvgIpc) is 2.52. The molecule has 1 unspecified atom stereocenters. The number of amides is 4. The van der Waals surface area contributed by atoms with Crippen molar-refractivity contribution in [1.29, 1.82) is 0 Å². The van der Waals surface area contributed by atoms with Crippen molar-refractivity contribution in [3.05, 3.63) is 10.6 Å². The van der Waals surface area contributed by atoms with Crippen molar-refractivity contribution in [3.63, 3.8) is 0 Å². The first kappa shape index (κ1) is 12.0. The summed E-state index contributed by atoms with van der Waals surface area (Å²) in [7, 11) is 1.35. The molecule has 0 aliphatic carbocycles. The summed E-state index contributed by atoms with van der Waals surface area (Å²) in [5.74, 6) is -1.87. The highest BCUT2D eigenvalue weighted by molar-refractivity contribution is 9.12. The molecule has 0 aromatic heterocycles. The van der Waals surface area contributed by atoms with Crippen molar-refractivity contribution in [2.75, 3.05) is 7.05 Å². The molecule has 2 aliphatic heterocycles. The third kappa shape index (κ3) is 1.80. The van der Waals surface area contributed by atoms with E-state index in [1.54, 1.807) is 0 Å². The summed E-state index contributed by atoms with van der Waals surface area (Å²) in [4.78, 5) is 48.2.